The molecule has 0 radical (unpaired) electrons. The minimum atomic E-state index is -2.97. The molecule has 3 N–H and O–H groups in total. The van der Waals surface area contributed by atoms with E-state index in [0.29, 0.717) is 17.6 Å². The monoisotopic (exact) mass is 442 g/mol. The normalized spacial score (nSPS) is 14.8. The Morgan fingerprint density at radius 3 is 2.78 bits per heavy atom. The number of hydrogen-bond donors (Lipinski definition) is 3. The van der Waals surface area contributed by atoms with E-state index in [1.807, 2.05) is 12.1 Å². The minimum Gasteiger partial charge on any atom is -0.432 e. The summed E-state index contributed by atoms with van der Waals surface area (Å²) in [5.41, 5.74) is 3.21. The fourth-order valence-corrected chi connectivity index (χ4v) is 3.90. The predicted molar refractivity (Wildman–Crippen MR) is 117 cm³/mol. The van der Waals surface area contributed by atoms with Crippen molar-refractivity contribution in [2.75, 3.05) is 25.0 Å². The van der Waals surface area contributed by atoms with E-state index in [9.17, 15) is 18.7 Å². The Labute approximate surface area is 184 Å². The van der Waals surface area contributed by atoms with Crippen LogP contribution in [0, 0.1) is 0 Å². The molecule has 2 heterocycles. The number of carbonyl (C=O) groups excluding carboxylic acids is 1. The molecule has 3 aromatic rings. The topological polar surface area (TPSA) is 86.7 Å². The molecule has 0 saturated carbocycles. The Bertz CT molecular complexity index is 1100. The van der Waals surface area contributed by atoms with Crippen LogP contribution in [0.25, 0.3) is 10.9 Å². The highest BCUT2D eigenvalue weighted by Crippen LogP contribution is 2.30. The van der Waals surface area contributed by atoms with Crippen LogP contribution >= 0.6 is 0 Å². The molecule has 168 valence electrons. The molecule has 0 aliphatic carbocycles. The lowest BCUT2D eigenvalue weighted by Gasteiger charge is -2.30. The van der Waals surface area contributed by atoms with Crippen LogP contribution in [0.3, 0.4) is 0 Å². The maximum atomic E-state index is 12.6. The first-order valence-electron chi connectivity index (χ1n) is 10.3. The summed E-state index contributed by atoms with van der Waals surface area (Å²) in [6.45, 7) is -0.830. The predicted octanol–water partition coefficient (Wildman–Crippen LogP) is 3.38. The largest absolute Gasteiger partial charge is 0.432 e. The number of pyridine rings is 1. The number of nitrogens with zero attached hydrogens (tertiary/aromatic N) is 2. The lowest BCUT2D eigenvalue weighted by molar-refractivity contribution is -0.0489. The second-order valence-electron chi connectivity index (χ2n) is 7.63. The van der Waals surface area contributed by atoms with E-state index < -0.39 is 18.7 Å². The summed E-state index contributed by atoms with van der Waals surface area (Å²) in [6.07, 6.45) is 1.66. The Morgan fingerprint density at radius 2 is 1.97 bits per heavy atom. The molecule has 32 heavy (non-hydrogen) atoms. The maximum Gasteiger partial charge on any atom is 0.387 e. The van der Waals surface area contributed by atoms with Crippen molar-refractivity contribution in [3.8, 4) is 5.75 Å². The van der Waals surface area contributed by atoms with Gasteiger partial charge in [0.15, 0.2) is 5.75 Å². The number of ether oxygens (including phenoxy) is 1. The number of aliphatic hydroxyl groups is 1. The molecule has 9 heteroatoms. The fraction of sp³-hybridized carbons (Fsp3) is 0.304. The average molecular weight is 442 g/mol. The van der Waals surface area contributed by atoms with Gasteiger partial charge in [0.2, 0.25) is 0 Å². The van der Waals surface area contributed by atoms with Gasteiger partial charge in [0, 0.05) is 37.8 Å². The van der Waals surface area contributed by atoms with Crippen LogP contribution in [-0.4, -0.2) is 53.4 Å². The van der Waals surface area contributed by atoms with Gasteiger partial charge in [0.25, 0.3) is 0 Å². The van der Waals surface area contributed by atoms with Crippen LogP contribution < -0.4 is 15.4 Å². The number of alkyl halides is 2. The lowest BCUT2D eigenvalue weighted by Crippen LogP contribution is -2.42. The van der Waals surface area contributed by atoms with Gasteiger partial charge in [-0.1, -0.05) is 24.3 Å². The van der Waals surface area contributed by atoms with Crippen LogP contribution in [0.4, 0.5) is 19.3 Å². The second-order valence-corrected chi connectivity index (χ2v) is 7.63. The van der Waals surface area contributed by atoms with Gasteiger partial charge in [0.05, 0.1) is 11.8 Å². The van der Waals surface area contributed by atoms with Crippen molar-refractivity contribution >= 4 is 22.6 Å². The Hall–Kier alpha value is -3.30. The number of anilines is 1. The first-order chi connectivity index (χ1) is 15.5. The van der Waals surface area contributed by atoms with E-state index in [2.05, 4.69) is 37.4 Å². The quantitative estimate of drug-likeness (QED) is 0.522. The Balaban J connectivity index is 1.32. The zero-order valence-electron chi connectivity index (χ0n) is 17.3. The summed E-state index contributed by atoms with van der Waals surface area (Å²) < 4.78 is 29.7. The van der Waals surface area contributed by atoms with Crippen LogP contribution in [0.5, 0.6) is 5.75 Å². The number of benzene rings is 2. The molecule has 1 aromatic heterocycles. The molecule has 2 aromatic carbocycles. The van der Waals surface area contributed by atoms with E-state index in [1.165, 1.54) is 29.5 Å². The minimum absolute atomic E-state index is 0.0694. The molecule has 0 fully saturated rings. The molecule has 0 saturated heterocycles. The van der Waals surface area contributed by atoms with Crippen molar-refractivity contribution in [1.29, 1.82) is 0 Å². The highest BCUT2D eigenvalue weighted by atomic mass is 19.3. The summed E-state index contributed by atoms with van der Waals surface area (Å²) in [4.78, 5) is 18.6. The van der Waals surface area contributed by atoms with Gasteiger partial charge in [-0.3, -0.25) is 9.88 Å². The van der Waals surface area contributed by atoms with Crippen LogP contribution in [0.15, 0.2) is 54.7 Å². The second kappa shape index (κ2) is 9.88. The van der Waals surface area contributed by atoms with Gasteiger partial charge in [-0.2, -0.15) is 8.78 Å². The van der Waals surface area contributed by atoms with E-state index in [4.69, 9.17) is 0 Å². The van der Waals surface area contributed by atoms with E-state index in [1.54, 1.807) is 12.1 Å². The molecular formula is C23H24F2N4O3. The van der Waals surface area contributed by atoms with Crippen LogP contribution in [0.2, 0.25) is 0 Å². The number of aliphatic hydroxyl groups excluding tert-OH is 1. The number of rotatable bonds is 7. The zero-order chi connectivity index (χ0) is 22.5. The summed E-state index contributed by atoms with van der Waals surface area (Å²) in [7, 11) is 0. The molecule has 4 rings (SSSR count). The summed E-state index contributed by atoms with van der Waals surface area (Å²) in [6, 6.07) is 13.8. The van der Waals surface area contributed by atoms with Gasteiger partial charge in [-0.25, -0.2) is 4.79 Å². The third-order valence-electron chi connectivity index (χ3n) is 5.37. The van der Waals surface area contributed by atoms with Crippen LogP contribution in [-0.2, 0) is 13.0 Å². The molecular weight excluding hydrogens is 418 g/mol. The highest BCUT2D eigenvalue weighted by molar-refractivity contribution is 6.02. The number of halogens is 2. The number of nitrogens with one attached hydrogen (secondary N) is 2. The molecule has 1 unspecified atom stereocenters. The first-order valence-corrected chi connectivity index (χ1v) is 10.3. The Kier molecular flexibility index (Phi) is 6.77. The van der Waals surface area contributed by atoms with Crippen molar-refractivity contribution in [2.45, 2.75) is 25.7 Å². The van der Waals surface area contributed by atoms with Gasteiger partial charge in [0.1, 0.15) is 5.52 Å². The number of hydrogen-bond acceptors (Lipinski definition) is 5. The number of amides is 2. The molecule has 1 aliphatic rings. The fourth-order valence-electron chi connectivity index (χ4n) is 3.90. The van der Waals surface area contributed by atoms with Gasteiger partial charge in [-0.05, 0) is 41.8 Å². The number of urea groups is 1. The number of fused-ring (bicyclic) bond motifs is 2. The zero-order valence-corrected chi connectivity index (χ0v) is 17.3. The standard InChI is InChI=1S/C23H24F2N4O3/c24-22(25)32-20-8-7-19(18-6-3-10-26-21(18)20)28-23(31)27-12-17(30)14-29-11-9-15-4-1-2-5-16(15)13-29/h1-8,10,17,22,30H,9,11-14H2,(H2,27,28,31). The Morgan fingerprint density at radius 1 is 1.16 bits per heavy atom. The summed E-state index contributed by atoms with van der Waals surface area (Å²) >= 11 is 0. The van der Waals surface area contributed by atoms with E-state index in [0.717, 1.165) is 19.5 Å². The molecule has 0 spiro atoms. The smallest absolute Gasteiger partial charge is 0.387 e. The van der Waals surface area contributed by atoms with Gasteiger partial charge >= 0.3 is 12.6 Å². The van der Waals surface area contributed by atoms with Gasteiger partial charge < -0.3 is 20.5 Å². The number of carbonyl (C=O) groups is 1. The first kappa shape index (κ1) is 21.9. The molecule has 0 bridgehead atoms. The van der Waals surface area contributed by atoms with Crippen molar-refractivity contribution in [2.24, 2.45) is 0 Å². The van der Waals surface area contributed by atoms with E-state index in [-0.39, 0.29) is 17.8 Å². The molecule has 1 atom stereocenters. The van der Waals surface area contributed by atoms with Crippen molar-refractivity contribution in [3.05, 3.63) is 65.9 Å². The van der Waals surface area contributed by atoms with Crippen LogP contribution in [0.1, 0.15) is 11.1 Å². The molecule has 2 amide bonds. The average Bonchev–Trinajstić information content (AvgIpc) is 2.79. The highest BCUT2D eigenvalue weighted by Gasteiger charge is 2.19. The van der Waals surface area contributed by atoms with E-state index >= 15 is 0 Å². The lowest BCUT2D eigenvalue weighted by atomic mass is 10.00. The maximum absolute atomic E-state index is 12.6. The molecule has 1 aliphatic heterocycles. The number of β-amino-alcohol motifs (C(OH)–C–C–N with tert-alkyl or cyclic N) is 1. The third kappa shape index (κ3) is 5.30. The number of aromatic nitrogens is 1. The molecule has 7 nitrogen and oxygen atoms in total. The SMILES string of the molecule is O=C(NCC(O)CN1CCc2ccccc2C1)Nc1ccc(OC(F)F)c2ncccc12. The summed E-state index contributed by atoms with van der Waals surface area (Å²) in [5.74, 6) is -0.0694. The third-order valence-corrected chi connectivity index (χ3v) is 5.37. The van der Waals surface area contributed by atoms with Crippen molar-refractivity contribution < 1.29 is 23.4 Å². The van der Waals surface area contributed by atoms with Crippen molar-refractivity contribution in [3.63, 3.8) is 0 Å². The van der Waals surface area contributed by atoms with Gasteiger partial charge in [-0.15, -0.1) is 0 Å². The van der Waals surface area contributed by atoms with Crippen molar-refractivity contribution in [1.82, 2.24) is 15.2 Å². The summed E-state index contributed by atoms with van der Waals surface area (Å²) in [5, 5.41) is 16.2.